The molecule has 1 aromatic heterocycles. The smallest absolute Gasteiger partial charge is 0.200 e. The minimum atomic E-state index is 0.498. The summed E-state index contributed by atoms with van der Waals surface area (Å²) in [4.78, 5) is 4.27. The van der Waals surface area contributed by atoms with E-state index in [1.807, 2.05) is 30.5 Å². The van der Waals surface area contributed by atoms with Crippen LogP contribution in [0.3, 0.4) is 0 Å². The summed E-state index contributed by atoms with van der Waals surface area (Å²) in [6.07, 6.45) is 6.81. The van der Waals surface area contributed by atoms with Gasteiger partial charge >= 0.3 is 0 Å². The molecule has 1 aliphatic carbocycles. The van der Waals surface area contributed by atoms with Crippen LogP contribution in [0, 0.1) is 0 Å². The molecule has 0 saturated heterocycles. The molecule has 1 heterocycles. The second kappa shape index (κ2) is 4.65. The van der Waals surface area contributed by atoms with Crippen molar-refractivity contribution in [2.75, 3.05) is 5.73 Å². The van der Waals surface area contributed by atoms with E-state index in [1.165, 1.54) is 25.7 Å². The third-order valence-electron chi connectivity index (χ3n) is 3.66. The van der Waals surface area contributed by atoms with Crippen LogP contribution in [0.5, 0.6) is 0 Å². The first kappa shape index (κ1) is 11.6. The third kappa shape index (κ3) is 1.99. The van der Waals surface area contributed by atoms with Gasteiger partial charge in [-0.2, -0.15) is 0 Å². The average Bonchev–Trinajstić information content (AvgIpc) is 2.99. The third-order valence-corrected chi connectivity index (χ3v) is 3.91. The number of hydrogen-bond acceptors (Lipinski definition) is 2. The Morgan fingerprint density at radius 1 is 1.17 bits per heavy atom. The first-order valence-corrected chi connectivity index (χ1v) is 6.72. The van der Waals surface area contributed by atoms with Crippen LogP contribution in [0.1, 0.15) is 31.7 Å². The second-order valence-electron chi connectivity index (χ2n) is 4.82. The lowest BCUT2D eigenvalue weighted by atomic mass is 10.1. The Kier molecular flexibility index (Phi) is 3.00. The summed E-state index contributed by atoms with van der Waals surface area (Å²) >= 11 is 5.92. The number of nitrogen functional groups attached to an aromatic ring is 1. The number of rotatable bonds is 2. The predicted molar refractivity (Wildman–Crippen MR) is 74.6 cm³/mol. The summed E-state index contributed by atoms with van der Waals surface area (Å²) in [6.45, 7) is 0. The molecule has 94 valence electrons. The molecule has 2 aromatic rings. The molecule has 1 aliphatic rings. The number of aromatic nitrogens is 2. The maximum Gasteiger partial charge on any atom is 0.200 e. The molecule has 4 heteroatoms. The minimum Gasteiger partial charge on any atom is -0.369 e. The standard InChI is InChI=1S/C14H16ClN3/c15-11-7-5-10(6-8-11)13-9-17-14(16)18(13)12-3-1-2-4-12/h5-9,12H,1-4H2,(H2,16,17). The minimum absolute atomic E-state index is 0.498. The number of nitrogens with two attached hydrogens (primary N) is 1. The number of halogens is 1. The van der Waals surface area contributed by atoms with Crippen LogP contribution >= 0.6 is 11.6 Å². The fourth-order valence-corrected chi connectivity index (χ4v) is 2.88. The van der Waals surface area contributed by atoms with E-state index in [9.17, 15) is 0 Å². The monoisotopic (exact) mass is 261 g/mol. The Hall–Kier alpha value is -1.48. The van der Waals surface area contributed by atoms with Crippen LogP contribution in [0.2, 0.25) is 5.02 Å². The molecule has 0 unspecified atom stereocenters. The van der Waals surface area contributed by atoms with E-state index in [0.717, 1.165) is 16.3 Å². The molecule has 18 heavy (non-hydrogen) atoms. The fourth-order valence-electron chi connectivity index (χ4n) is 2.76. The molecule has 1 saturated carbocycles. The van der Waals surface area contributed by atoms with Gasteiger partial charge in [-0.15, -0.1) is 0 Å². The Morgan fingerprint density at radius 2 is 1.83 bits per heavy atom. The average molecular weight is 262 g/mol. The summed E-state index contributed by atoms with van der Waals surface area (Å²) in [7, 11) is 0. The molecule has 0 aliphatic heterocycles. The topological polar surface area (TPSA) is 43.8 Å². The summed E-state index contributed by atoms with van der Waals surface area (Å²) in [5.74, 6) is 0.617. The SMILES string of the molecule is Nc1ncc(-c2ccc(Cl)cc2)n1C1CCCC1. The molecule has 3 rings (SSSR count). The normalized spacial score (nSPS) is 16.3. The van der Waals surface area contributed by atoms with Crippen molar-refractivity contribution in [3.8, 4) is 11.3 Å². The van der Waals surface area contributed by atoms with Gasteiger partial charge in [0.1, 0.15) is 0 Å². The summed E-state index contributed by atoms with van der Waals surface area (Å²) < 4.78 is 2.18. The van der Waals surface area contributed by atoms with Gasteiger partial charge in [0.05, 0.1) is 11.9 Å². The highest BCUT2D eigenvalue weighted by Crippen LogP contribution is 2.35. The summed E-state index contributed by atoms with van der Waals surface area (Å²) in [5.41, 5.74) is 8.23. The van der Waals surface area contributed by atoms with Gasteiger partial charge in [-0.1, -0.05) is 36.6 Å². The Morgan fingerprint density at radius 3 is 2.50 bits per heavy atom. The van der Waals surface area contributed by atoms with Crippen molar-refractivity contribution in [3.63, 3.8) is 0 Å². The van der Waals surface area contributed by atoms with E-state index in [-0.39, 0.29) is 0 Å². The zero-order chi connectivity index (χ0) is 12.5. The van der Waals surface area contributed by atoms with E-state index >= 15 is 0 Å². The van der Waals surface area contributed by atoms with E-state index in [2.05, 4.69) is 9.55 Å². The maximum absolute atomic E-state index is 6.01. The summed E-state index contributed by atoms with van der Waals surface area (Å²) in [5, 5.41) is 0.749. The van der Waals surface area contributed by atoms with Crippen molar-refractivity contribution in [3.05, 3.63) is 35.5 Å². The van der Waals surface area contributed by atoms with Gasteiger partial charge in [0, 0.05) is 11.1 Å². The molecular weight excluding hydrogens is 246 g/mol. The molecule has 0 bridgehead atoms. The Labute approximate surface area is 112 Å². The van der Waals surface area contributed by atoms with Gasteiger partial charge in [-0.05, 0) is 30.5 Å². The molecule has 0 atom stereocenters. The highest BCUT2D eigenvalue weighted by atomic mass is 35.5. The van der Waals surface area contributed by atoms with Crippen LogP contribution in [-0.4, -0.2) is 9.55 Å². The number of nitrogens with zero attached hydrogens (tertiary/aromatic N) is 2. The van der Waals surface area contributed by atoms with Crippen LogP contribution in [-0.2, 0) is 0 Å². The van der Waals surface area contributed by atoms with Crippen molar-refractivity contribution in [1.29, 1.82) is 0 Å². The molecule has 3 nitrogen and oxygen atoms in total. The van der Waals surface area contributed by atoms with Crippen LogP contribution < -0.4 is 5.73 Å². The van der Waals surface area contributed by atoms with Gasteiger partial charge in [-0.3, -0.25) is 0 Å². The second-order valence-corrected chi connectivity index (χ2v) is 5.25. The number of anilines is 1. The number of hydrogen-bond donors (Lipinski definition) is 1. The highest BCUT2D eigenvalue weighted by molar-refractivity contribution is 6.30. The zero-order valence-corrected chi connectivity index (χ0v) is 10.9. The Bertz CT molecular complexity index is 539. The van der Waals surface area contributed by atoms with Crippen molar-refractivity contribution in [2.45, 2.75) is 31.7 Å². The first-order valence-electron chi connectivity index (χ1n) is 6.34. The lowest BCUT2D eigenvalue weighted by molar-refractivity contribution is 0.530. The van der Waals surface area contributed by atoms with Gasteiger partial charge in [0.25, 0.3) is 0 Å². The number of benzene rings is 1. The van der Waals surface area contributed by atoms with Crippen molar-refractivity contribution >= 4 is 17.5 Å². The molecule has 1 aromatic carbocycles. The molecule has 0 radical (unpaired) electrons. The highest BCUT2D eigenvalue weighted by Gasteiger charge is 2.22. The zero-order valence-electron chi connectivity index (χ0n) is 10.1. The van der Waals surface area contributed by atoms with Crippen LogP contribution in [0.25, 0.3) is 11.3 Å². The maximum atomic E-state index is 6.01. The molecular formula is C14H16ClN3. The number of imidazole rings is 1. The van der Waals surface area contributed by atoms with E-state index in [4.69, 9.17) is 17.3 Å². The van der Waals surface area contributed by atoms with Crippen LogP contribution in [0.15, 0.2) is 30.5 Å². The molecule has 0 spiro atoms. The lowest BCUT2D eigenvalue weighted by Crippen LogP contribution is -2.10. The van der Waals surface area contributed by atoms with Gasteiger partial charge in [0.2, 0.25) is 5.95 Å². The van der Waals surface area contributed by atoms with Crippen molar-refractivity contribution in [1.82, 2.24) is 9.55 Å². The van der Waals surface area contributed by atoms with Gasteiger partial charge in [0.15, 0.2) is 0 Å². The van der Waals surface area contributed by atoms with Gasteiger partial charge in [-0.25, -0.2) is 4.98 Å². The molecule has 0 amide bonds. The van der Waals surface area contributed by atoms with Crippen molar-refractivity contribution < 1.29 is 0 Å². The largest absolute Gasteiger partial charge is 0.369 e. The molecule has 1 fully saturated rings. The lowest BCUT2D eigenvalue weighted by Gasteiger charge is -2.16. The quantitative estimate of drug-likeness (QED) is 0.891. The van der Waals surface area contributed by atoms with E-state index < -0.39 is 0 Å². The van der Waals surface area contributed by atoms with E-state index in [1.54, 1.807) is 0 Å². The molecule has 2 N–H and O–H groups in total. The fraction of sp³-hybridized carbons (Fsp3) is 0.357. The van der Waals surface area contributed by atoms with Gasteiger partial charge < -0.3 is 10.3 Å². The van der Waals surface area contributed by atoms with Crippen molar-refractivity contribution in [2.24, 2.45) is 0 Å². The predicted octanol–water partition coefficient (Wildman–Crippen LogP) is 3.90. The Balaban J connectivity index is 2.04. The first-order chi connectivity index (χ1) is 8.75. The van der Waals surface area contributed by atoms with E-state index in [0.29, 0.717) is 12.0 Å². The summed E-state index contributed by atoms with van der Waals surface area (Å²) in [6, 6.07) is 8.34. The van der Waals surface area contributed by atoms with Crippen LogP contribution in [0.4, 0.5) is 5.95 Å².